The Morgan fingerprint density at radius 3 is 2.22 bits per heavy atom. The molecule has 0 fully saturated rings. The highest BCUT2D eigenvalue weighted by atomic mass is 35.6. The first kappa shape index (κ1) is 13.7. The van der Waals surface area contributed by atoms with Crippen LogP contribution in [0.2, 0.25) is 5.02 Å². The third kappa shape index (κ3) is 3.62. The Morgan fingerprint density at radius 1 is 1.00 bits per heavy atom. The van der Waals surface area contributed by atoms with Crippen molar-refractivity contribution in [2.75, 3.05) is 0 Å². The van der Waals surface area contributed by atoms with Gasteiger partial charge in [0.15, 0.2) is 0 Å². The second-order valence-corrected chi connectivity index (χ2v) is 6.05. The molecular formula is C11H6Cl4N2O. The molecule has 1 aromatic heterocycles. The maximum Gasteiger partial charge on any atom is 0.268 e. The van der Waals surface area contributed by atoms with Gasteiger partial charge in [0.1, 0.15) is 0 Å². The van der Waals surface area contributed by atoms with Crippen LogP contribution in [-0.2, 0) is 3.79 Å². The number of hydrogen-bond acceptors (Lipinski definition) is 3. The molecule has 1 aromatic carbocycles. The fourth-order valence-electron chi connectivity index (χ4n) is 1.16. The van der Waals surface area contributed by atoms with Crippen molar-refractivity contribution >= 4 is 58.6 Å². The summed E-state index contributed by atoms with van der Waals surface area (Å²) in [5.74, 6) is 0.189. The van der Waals surface area contributed by atoms with Crippen molar-refractivity contribution in [3.05, 3.63) is 46.6 Å². The van der Waals surface area contributed by atoms with Gasteiger partial charge in [-0.2, -0.15) is 0 Å². The summed E-state index contributed by atoms with van der Waals surface area (Å²) in [7, 11) is 0. The van der Waals surface area contributed by atoms with Crippen LogP contribution in [-0.4, -0.2) is 10.2 Å². The molecule has 0 N–H and O–H groups in total. The molecule has 0 radical (unpaired) electrons. The first-order valence-corrected chi connectivity index (χ1v) is 6.31. The molecule has 94 valence electrons. The highest BCUT2D eigenvalue weighted by Gasteiger charge is 2.29. The summed E-state index contributed by atoms with van der Waals surface area (Å²) in [6.45, 7) is 0. The van der Waals surface area contributed by atoms with Gasteiger partial charge in [-0.3, -0.25) is 0 Å². The molecule has 7 heteroatoms. The predicted octanol–water partition coefficient (Wildman–Crippen LogP) is 4.72. The molecule has 0 unspecified atom stereocenters. The topological polar surface area (TPSA) is 38.9 Å². The van der Waals surface area contributed by atoms with Crippen molar-refractivity contribution in [3.8, 4) is 0 Å². The average Bonchev–Trinajstić information content (AvgIpc) is 2.77. The molecule has 0 amide bonds. The first-order valence-electron chi connectivity index (χ1n) is 4.79. The Hall–Kier alpha value is -0.740. The van der Waals surface area contributed by atoms with Gasteiger partial charge in [-0.15, -0.1) is 10.2 Å². The summed E-state index contributed by atoms with van der Waals surface area (Å²) in [6.07, 6.45) is 3.40. The van der Waals surface area contributed by atoms with Crippen LogP contribution in [0.25, 0.3) is 12.2 Å². The largest absolute Gasteiger partial charge is 0.417 e. The summed E-state index contributed by atoms with van der Waals surface area (Å²) < 4.78 is 3.45. The average molecular weight is 324 g/mol. The second-order valence-electron chi connectivity index (χ2n) is 3.33. The van der Waals surface area contributed by atoms with Crippen LogP contribution in [0, 0.1) is 0 Å². The molecule has 1 heterocycles. The molecule has 0 spiro atoms. The molecule has 0 aliphatic heterocycles. The van der Waals surface area contributed by atoms with E-state index in [1.54, 1.807) is 24.3 Å². The number of nitrogens with zero attached hydrogens (tertiary/aromatic N) is 2. The van der Waals surface area contributed by atoms with Gasteiger partial charge in [0, 0.05) is 11.1 Å². The number of halogens is 4. The lowest BCUT2D eigenvalue weighted by atomic mass is 10.2. The van der Waals surface area contributed by atoms with E-state index in [0.29, 0.717) is 5.02 Å². The first-order chi connectivity index (χ1) is 8.45. The highest BCUT2D eigenvalue weighted by Crippen LogP contribution is 2.37. The fourth-order valence-corrected chi connectivity index (χ4v) is 1.51. The molecule has 0 saturated carbocycles. The highest BCUT2D eigenvalue weighted by molar-refractivity contribution is 6.66. The molecular weight excluding hydrogens is 318 g/mol. The zero-order valence-electron chi connectivity index (χ0n) is 8.78. The Balaban J connectivity index is 2.14. The normalized spacial score (nSPS) is 12.2. The molecule has 0 aliphatic carbocycles. The van der Waals surface area contributed by atoms with Gasteiger partial charge in [-0.1, -0.05) is 58.5 Å². The number of alkyl halides is 3. The standard InChI is InChI=1S/C11H6Cl4N2O/c12-8-4-1-7(2-5-8)3-6-9-16-17-10(18-9)11(13,14)15/h1-6H/b6-3+. The van der Waals surface area contributed by atoms with E-state index in [1.807, 2.05) is 12.1 Å². The maximum atomic E-state index is 5.77. The Bertz CT molecular complexity index is 557. The third-order valence-corrected chi connectivity index (χ3v) is 2.71. The lowest BCUT2D eigenvalue weighted by Crippen LogP contribution is -1.99. The zero-order valence-corrected chi connectivity index (χ0v) is 11.8. The van der Waals surface area contributed by atoms with Crippen LogP contribution in [0.3, 0.4) is 0 Å². The van der Waals surface area contributed by atoms with Crippen molar-refractivity contribution < 1.29 is 4.42 Å². The van der Waals surface area contributed by atoms with Gasteiger partial charge < -0.3 is 4.42 Å². The van der Waals surface area contributed by atoms with Crippen molar-refractivity contribution in [3.63, 3.8) is 0 Å². The van der Waals surface area contributed by atoms with E-state index in [0.717, 1.165) is 5.56 Å². The lowest BCUT2D eigenvalue weighted by molar-refractivity contribution is 0.493. The number of rotatable bonds is 2. The van der Waals surface area contributed by atoms with Crippen LogP contribution in [0.5, 0.6) is 0 Å². The van der Waals surface area contributed by atoms with Gasteiger partial charge in [0.05, 0.1) is 0 Å². The van der Waals surface area contributed by atoms with Gasteiger partial charge in [0.25, 0.3) is 9.68 Å². The van der Waals surface area contributed by atoms with Crippen molar-refractivity contribution in [1.29, 1.82) is 0 Å². The zero-order chi connectivity index (χ0) is 13.2. The Kier molecular flexibility index (Phi) is 4.17. The monoisotopic (exact) mass is 322 g/mol. The fraction of sp³-hybridized carbons (Fsp3) is 0.0909. The minimum Gasteiger partial charge on any atom is -0.417 e. The van der Waals surface area contributed by atoms with Crippen LogP contribution >= 0.6 is 46.4 Å². The van der Waals surface area contributed by atoms with Crippen LogP contribution < -0.4 is 0 Å². The Labute approximate surface area is 123 Å². The molecule has 3 nitrogen and oxygen atoms in total. The SMILES string of the molecule is Clc1ccc(/C=C/c2nnc(C(Cl)(Cl)Cl)o2)cc1. The third-order valence-electron chi connectivity index (χ3n) is 1.97. The van der Waals surface area contributed by atoms with E-state index < -0.39 is 3.79 Å². The molecule has 18 heavy (non-hydrogen) atoms. The van der Waals surface area contributed by atoms with E-state index >= 15 is 0 Å². The van der Waals surface area contributed by atoms with Crippen molar-refractivity contribution in [1.82, 2.24) is 10.2 Å². The van der Waals surface area contributed by atoms with E-state index in [-0.39, 0.29) is 11.8 Å². The summed E-state index contributed by atoms with van der Waals surface area (Å²) >= 11 is 22.6. The van der Waals surface area contributed by atoms with E-state index in [4.69, 9.17) is 50.8 Å². The lowest BCUT2D eigenvalue weighted by Gasteiger charge is -2.01. The number of hydrogen-bond donors (Lipinski definition) is 0. The summed E-state index contributed by atoms with van der Waals surface area (Å²) in [4.78, 5) is 0. The molecule has 0 saturated heterocycles. The van der Waals surface area contributed by atoms with E-state index in [1.165, 1.54) is 0 Å². The second kappa shape index (κ2) is 5.49. The molecule has 0 aliphatic rings. The van der Waals surface area contributed by atoms with Gasteiger partial charge in [-0.05, 0) is 23.8 Å². The van der Waals surface area contributed by atoms with E-state index in [2.05, 4.69) is 10.2 Å². The molecule has 2 rings (SSSR count). The van der Waals surface area contributed by atoms with Crippen molar-refractivity contribution in [2.45, 2.75) is 3.79 Å². The van der Waals surface area contributed by atoms with Crippen LogP contribution in [0.1, 0.15) is 17.3 Å². The molecule has 2 aromatic rings. The smallest absolute Gasteiger partial charge is 0.268 e. The summed E-state index contributed by atoms with van der Waals surface area (Å²) in [5.41, 5.74) is 0.938. The number of benzene rings is 1. The van der Waals surface area contributed by atoms with Gasteiger partial charge in [-0.25, -0.2) is 0 Å². The predicted molar refractivity (Wildman–Crippen MR) is 73.9 cm³/mol. The minimum atomic E-state index is -1.71. The maximum absolute atomic E-state index is 5.77. The molecule has 0 atom stereocenters. The van der Waals surface area contributed by atoms with Crippen LogP contribution in [0.4, 0.5) is 0 Å². The number of aromatic nitrogens is 2. The Morgan fingerprint density at radius 2 is 1.67 bits per heavy atom. The van der Waals surface area contributed by atoms with Crippen LogP contribution in [0.15, 0.2) is 28.7 Å². The van der Waals surface area contributed by atoms with Crippen molar-refractivity contribution in [2.24, 2.45) is 0 Å². The van der Waals surface area contributed by atoms with E-state index in [9.17, 15) is 0 Å². The summed E-state index contributed by atoms with van der Waals surface area (Å²) in [5, 5.41) is 8.03. The molecule has 0 bridgehead atoms. The summed E-state index contributed by atoms with van der Waals surface area (Å²) in [6, 6.07) is 7.26. The van der Waals surface area contributed by atoms with Gasteiger partial charge >= 0.3 is 0 Å². The quantitative estimate of drug-likeness (QED) is 0.750. The van der Waals surface area contributed by atoms with Gasteiger partial charge in [0.2, 0.25) is 5.89 Å². The minimum absolute atomic E-state index is 0.0664.